The van der Waals surface area contributed by atoms with Crippen molar-refractivity contribution in [2.45, 2.75) is 232 Å². The molecule has 67 heavy (non-hydrogen) atoms. The molecule has 0 spiro atoms. The van der Waals surface area contributed by atoms with E-state index in [9.17, 15) is 14.4 Å². The maximum absolute atomic E-state index is 12.8. The molecule has 0 amide bonds. The number of rotatable bonds is 47. The Morgan fingerprint density at radius 3 is 1.12 bits per heavy atom. The highest BCUT2D eigenvalue weighted by atomic mass is 16.6. The lowest BCUT2D eigenvalue weighted by Crippen LogP contribution is -2.30. The van der Waals surface area contributed by atoms with Crippen LogP contribution >= 0.6 is 0 Å². The number of carbonyl (C=O) groups excluding carboxylic acids is 3. The second-order valence-electron chi connectivity index (χ2n) is 17.5. The molecule has 0 aromatic rings. The molecule has 0 radical (unpaired) electrons. The molecule has 0 rings (SSSR count). The van der Waals surface area contributed by atoms with Gasteiger partial charge in [0.15, 0.2) is 6.10 Å². The van der Waals surface area contributed by atoms with Gasteiger partial charge in [-0.15, -0.1) is 0 Å². The van der Waals surface area contributed by atoms with Crippen LogP contribution in [-0.2, 0) is 28.6 Å². The predicted octanol–water partition coefficient (Wildman–Crippen LogP) is 18.1. The van der Waals surface area contributed by atoms with Crippen molar-refractivity contribution in [1.82, 2.24) is 0 Å². The molecule has 6 heteroatoms. The van der Waals surface area contributed by atoms with Gasteiger partial charge in [-0.25, -0.2) is 0 Å². The van der Waals surface area contributed by atoms with Gasteiger partial charge in [-0.1, -0.05) is 226 Å². The van der Waals surface area contributed by atoms with Crippen LogP contribution in [0.2, 0.25) is 0 Å². The Morgan fingerprint density at radius 1 is 0.328 bits per heavy atom. The molecular weight excluding hydrogens is 829 g/mol. The molecule has 0 aliphatic heterocycles. The first-order chi connectivity index (χ1) is 33.0. The van der Waals surface area contributed by atoms with E-state index in [1.54, 1.807) is 0 Å². The summed E-state index contributed by atoms with van der Waals surface area (Å²) in [5.41, 5.74) is 0. The summed E-state index contributed by atoms with van der Waals surface area (Å²) in [6.45, 7) is 6.36. The van der Waals surface area contributed by atoms with Crippen molar-refractivity contribution in [3.05, 3.63) is 122 Å². The predicted molar refractivity (Wildman–Crippen MR) is 288 cm³/mol. The topological polar surface area (TPSA) is 78.9 Å². The van der Waals surface area contributed by atoms with Crippen LogP contribution in [0.4, 0.5) is 0 Å². The van der Waals surface area contributed by atoms with Crippen LogP contribution in [0.1, 0.15) is 226 Å². The average molecular weight is 927 g/mol. The third-order valence-electron chi connectivity index (χ3n) is 11.0. The first-order valence-corrected chi connectivity index (χ1v) is 27.1. The maximum atomic E-state index is 12.8. The van der Waals surface area contributed by atoms with Gasteiger partial charge in [0.25, 0.3) is 0 Å². The lowest BCUT2D eigenvalue weighted by atomic mass is 10.1. The standard InChI is InChI=1S/C61H98O6/c1-4-7-10-13-16-19-22-25-27-29-31-33-34-36-39-42-45-48-51-54-60(63)66-57-58(56-65-59(62)53-50-47-44-41-38-24-21-18-15-12-9-6-3)67-61(64)55-52-49-46-43-40-37-35-32-30-28-26-23-20-17-14-11-8-5-2/h7,10-11,14,16-21,23,25-28,30-33,35,58H,4-6,8-9,12-13,15,22,24,29,34,36-57H2,1-3H3/b10-7-,14-11-,19-16-,20-17-,21-18-,26-23-,27-25-,30-28-,33-31-,35-32-. The smallest absolute Gasteiger partial charge is 0.306 e. The summed E-state index contributed by atoms with van der Waals surface area (Å²) in [7, 11) is 0. The minimum atomic E-state index is -0.805. The van der Waals surface area contributed by atoms with E-state index in [-0.39, 0.29) is 31.1 Å². The van der Waals surface area contributed by atoms with Crippen molar-refractivity contribution in [1.29, 1.82) is 0 Å². The molecule has 0 saturated carbocycles. The summed E-state index contributed by atoms with van der Waals surface area (Å²) in [6, 6.07) is 0. The fourth-order valence-corrected chi connectivity index (χ4v) is 6.99. The molecule has 0 fully saturated rings. The number of unbranched alkanes of at least 4 members (excludes halogenated alkanes) is 20. The number of esters is 3. The van der Waals surface area contributed by atoms with Crippen molar-refractivity contribution in [3.8, 4) is 0 Å². The van der Waals surface area contributed by atoms with Crippen molar-refractivity contribution in [2.75, 3.05) is 13.2 Å². The van der Waals surface area contributed by atoms with Crippen molar-refractivity contribution in [3.63, 3.8) is 0 Å². The zero-order chi connectivity index (χ0) is 48.6. The van der Waals surface area contributed by atoms with Crippen LogP contribution in [0.5, 0.6) is 0 Å². The van der Waals surface area contributed by atoms with E-state index in [4.69, 9.17) is 14.2 Å². The SMILES string of the molecule is CC/C=C\C/C=C\C/C=C\C/C=C\CCCCCCCCC(=O)OCC(COC(=O)CCCCCCC/C=C\CCCCC)OC(=O)CCCCCCC\C=C/C=C\C=C/C=C\C=C/CCC. The summed E-state index contributed by atoms with van der Waals surface area (Å²) in [6.07, 6.45) is 74.6. The van der Waals surface area contributed by atoms with Crippen LogP contribution in [-0.4, -0.2) is 37.2 Å². The molecule has 0 saturated heterocycles. The third kappa shape index (κ3) is 52.6. The van der Waals surface area contributed by atoms with Gasteiger partial charge in [0.2, 0.25) is 0 Å². The van der Waals surface area contributed by atoms with Gasteiger partial charge in [0.1, 0.15) is 13.2 Å². The van der Waals surface area contributed by atoms with Crippen LogP contribution in [0.25, 0.3) is 0 Å². The van der Waals surface area contributed by atoms with E-state index in [1.807, 2.05) is 24.3 Å². The molecule has 0 heterocycles. The Labute approximate surface area is 412 Å². The fourth-order valence-electron chi connectivity index (χ4n) is 6.99. The summed E-state index contributed by atoms with van der Waals surface area (Å²) in [5, 5.41) is 0. The second-order valence-corrected chi connectivity index (χ2v) is 17.5. The molecule has 0 aliphatic carbocycles. The Hall–Kier alpha value is -4.19. The molecular formula is C61H98O6. The Morgan fingerprint density at radius 2 is 0.672 bits per heavy atom. The summed E-state index contributed by atoms with van der Waals surface area (Å²) < 4.78 is 16.8. The first-order valence-electron chi connectivity index (χ1n) is 27.1. The van der Waals surface area contributed by atoms with Crippen LogP contribution in [0.15, 0.2) is 122 Å². The molecule has 0 aromatic carbocycles. The van der Waals surface area contributed by atoms with E-state index in [2.05, 4.69) is 118 Å². The Balaban J connectivity index is 4.48. The maximum Gasteiger partial charge on any atom is 0.306 e. The van der Waals surface area contributed by atoms with Gasteiger partial charge in [-0.3, -0.25) is 14.4 Å². The average Bonchev–Trinajstić information content (AvgIpc) is 3.33. The lowest BCUT2D eigenvalue weighted by Gasteiger charge is -2.18. The zero-order valence-corrected chi connectivity index (χ0v) is 43.1. The Bertz CT molecular complexity index is 1440. The van der Waals surface area contributed by atoms with Crippen molar-refractivity contribution < 1.29 is 28.6 Å². The van der Waals surface area contributed by atoms with Crippen molar-refractivity contribution >= 4 is 17.9 Å². The number of allylic oxidation sites excluding steroid dienone is 20. The van der Waals surface area contributed by atoms with Crippen LogP contribution in [0.3, 0.4) is 0 Å². The molecule has 0 bridgehead atoms. The quantitative estimate of drug-likeness (QED) is 0.0199. The largest absolute Gasteiger partial charge is 0.462 e. The normalized spacial score (nSPS) is 13.1. The van der Waals surface area contributed by atoms with Gasteiger partial charge < -0.3 is 14.2 Å². The minimum Gasteiger partial charge on any atom is -0.462 e. The number of carbonyl (C=O) groups is 3. The summed E-state index contributed by atoms with van der Waals surface area (Å²) in [4.78, 5) is 38.1. The molecule has 0 aromatic heterocycles. The molecule has 0 N–H and O–H groups in total. The Kier molecular flexibility index (Phi) is 51.0. The van der Waals surface area contributed by atoms with Gasteiger partial charge in [0, 0.05) is 19.3 Å². The minimum absolute atomic E-state index is 0.101. The van der Waals surface area contributed by atoms with Gasteiger partial charge in [-0.05, 0) is 103 Å². The van der Waals surface area contributed by atoms with E-state index in [0.29, 0.717) is 19.3 Å². The number of hydrogen-bond donors (Lipinski definition) is 0. The van der Waals surface area contributed by atoms with Gasteiger partial charge >= 0.3 is 17.9 Å². The molecule has 378 valence electrons. The van der Waals surface area contributed by atoms with E-state index < -0.39 is 6.10 Å². The highest BCUT2D eigenvalue weighted by Crippen LogP contribution is 2.13. The molecule has 6 nitrogen and oxygen atoms in total. The monoisotopic (exact) mass is 927 g/mol. The molecule has 1 atom stereocenters. The van der Waals surface area contributed by atoms with Gasteiger partial charge in [0.05, 0.1) is 0 Å². The zero-order valence-electron chi connectivity index (χ0n) is 43.1. The summed E-state index contributed by atoms with van der Waals surface area (Å²) >= 11 is 0. The molecule has 1 unspecified atom stereocenters. The number of hydrogen-bond acceptors (Lipinski definition) is 6. The number of ether oxygens (including phenoxy) is 3. The van der Waals surface area contributed by atoms with E-state index in [1.165, 1.54) is 51.4 Å². The first kappa shape index (κ1) is 62.8. The third-order valence-corrected chi connectivity index (χ3v) is 11.0. The van der Waals surface area contributed by atoms with Crippen LogP contribution in [0, 0.1) is 0 Å². The lowest BCUT2D eigenvalue weighted by molar-refractivity contribution is -0.167. The highest BCUT2D eigenvalue weighted by Gasteiger charge is 2.19. The fraction of sp³-hybridized carbons (Fsp3) is 0.623. The van der Waals surface area contributed by atoms with Crippen LogP contribution < -0.4 is 0 Å². The highest BCUT2D eigenvalue weighted by molar-refractivity contribution is 5.71. The summed E-state index contributed by atoms with van der Waals surface area (Å²) in [5.74, 6) is -0.954. The van der Waals surface area contributed by atoms with E-state index >= 15 is 0 Å². The van der Waals surface area contributed by atoms with Crippen molar-refractivity contribution in [2.24, 2.45) is 0 Å². The second kappa shape index (κ2) is 54.4. The van der Waals surface area contributed by atoms with Gasteiger partial charge in [-0.2, -0.15) is 0 Å². The molecule has 0 aliphatic rings. The van der Waals surface area contributed by atoms with E-state index in [0.717, 1.165) is 135 Å².